The van der Waals surface area contributed by atoms with Crippen molar-refractivity contribution in [3.05, 3.63) is 11.7 Å². The molecule has 5 nitrogen and oxygen atoms in total. The number of ether oxygens (including phenoxy) is 1. The van der Waals surface area contributed by atoms with Gasteiger partial charge in [0.25, 0.3) is 0 Å². The first-order chi connectivity index (χ1) is 10.4. The molecule has 4 fully saturated rings. The van der Waals surface area contributed by atoms with Gasteiger partial charge in [0.1, 0.15) is 0 Å². The summed E-state index contributed by atoms with van der Waals surface area (Å²) < 4.78 is 11.5. The zero-order chi connectivity index (χ0) is 13.8. The zero-order valence-corrected chi connectivity index (χ0v) is 12.4. The third-order valence-corrected chi connectivity index (χ3v) is 6.09. The van der Waals surface area contributed by atoms with Crippen molar-refractivity contribution in [2.45, 2.75) is 63.2 Å². The second-order valence-electron chi connectivity index (χ2n) is 7.34. The molecule has 1 aliphatic carbocycles. The number of nitrogens with zero attached hydrogens (tertiary/aromatic N) is 3. The van der Waals surface area contributed by atoms with Gasteiger partial charge >= 0.3 is 0 Å². The molecule has 4 unspecified atom stereocenters. The van der Waals surface area contributed by atoms with Gasteiger partial charge in [-0.1, -0.05) is 18.0 Å². The molecule has 3 saturated heterocycles. The SMILES string of the molecule is C1CCC(c2noc(CN3CC4C5CCC(O5)C4C3)n2)C1. The minimum absolute atomic E-state index is 0.529. The van der Waals surface area contributed by atoms with Crippen LogP contribution < -0.4 is 0 Å². The Labute approximate surface area is 125 Å². The summed E-state index contributed by atoms with van der Waals surface area (Å²) >= 11 is 0. The molecule has 4 atom stereocenters. The third kappa shape index (κ3) is 2.05. The fourth-order valence-corrected chi connectivity index (χ4v) is 5.05. The molecule has 21 heavy (non-hydrogen) atoms. The van der Waals surface area contributed by atoms with Crippen LogP contribution in [0.25, 0.3) is 0 Å². The fraction of sp³-hybridized carbons (Fsp3) is 0.875. The van der Waals surface area contributed by atoms with Crippen molar-refractivity contribution in [1.29, 1.82) is 0 Å². The van der Waals surface area contributed by atoms with Crippen molar-refractivity contribution in [2.24, 2.45) is 11.8 Å². The van der Waals surface area contributed by atoms with E-state index >= 15 is 0 Å². The van der Waals surface area contributed by atoms with E-state index in [0.717, 1.165) is 43.2 Å². The Balaban J connectivity index is 1.24. The zero-order valence-electron chi connectivity index (χ0n) is 12.4. The maximum absolute atomic E-state index is 6.03. The summed E-state index contributed by atoms with van der Waals surface area (Å²) in [6, 6.07) is 0. The van der Waals surface area contributed by atoms with Gasteiger partial charge in [-0.25, -0.2) is 0 Å². The van der Waals surface area contributed by atoms with Crippen molar-refractivity contribution in [1.82, 2.24) is 15.0 Å². The standard InChI is InChI=1S/C16H23N3O2/c1-2-4-10(3-1)16-17-15(21-18-16)9-19-7-11-12(8-19)14-6-5-13(11)20-14/h10-14H,1-9H2. The number of fused-ring (bicyclic) bond motifs is 5. The van der Waals surface area contributed by atoms with Crippen LogP contribution in [0.4, 0.5) is 0 Å². The Kier molecular flexibility index (Phi) is 2.87. The number of hydrogen-bond acceptors (Lipinski definition) is 5. The quantitative estimate of drug-likeness (QED) is 0.855. The van der Waals surface area contributed by atoms with E-state index in [2.05, 4.69) is 15.0 Å². The van der Waals surface area contributed by atoms with Gasteiger partial charge in [0.15, 0.2) is 5.82 Å². The molecular weight excluding hydrogens is 266 g/mol. The van der Waals surface area contributed by atoms with E-state index < -0.39 is 0 Å². The lowest BCUT2D eigenvalue weighted by Crippen LogP contribution is -2.24. The van der Waals surface area contributed by atoms with Crippen LogP contribution >= 0.6 is 0 Å². The Morgan fingerprint density at radius 3 is 2.43 bits per heavy atom. The molecule has 1 aromatic heterocycles. The average Bonchev–Trinajstić information content (AvgIpc) is 3.28. The van der Waals surface area contributed by atoms with Gasteiger partial charge in [0.05, 0.1) is 18.8 Å². The lowest BCUT2D eigenvalue weighted by Gasteiger charge is -2.18. The Hall–Kier alpha value is -0.940. The van der Waals surface area contributed by atoms with E-state index in [4.69, 9.17) is 9.26 Å². The molecule has 1 aromatic rings. The van der Waals surface area contributed by atoms with Crippen molar-refractivity contribution >= 4 is 0 Å². The van der Waals surface area contributed by atoms with Crippen LogP contribution in [0, 0.1) is 11.8 Å². The normalized spacial score (nSPS) is 39.4. The molecule has 5 rings (SSSR count). The summed E-state index contributed by atoms with van der Waals surface area (Å²) in [5, 5.41) is 4.22. The molecule has 2 bridgehead atoms. The minimum Gasteiger partial charge on any atom is -0.374 e. The maximum Gasteiger partial charge on any atom is 0.240 e. The van der Waals surface area contributed by atoms with Gasteiger partial charge in [0.2, 0.25) is 5.89 Å². The molecule has 5 heteroatoms. The summed E-state index contributed by atoms with van der Waals surface area (Å²) in [6.45, 7) is 3.12. The second kappa shape index (κ2) is 4.78. The van der Waals surface area contributed by atoms with E-state index in [9.17, 15) is 0 Å². The average molecular weight is 289 g/mol. The van der Waals surface area contributed by atoms with Gasteiger partial charge in [-0.2, -0.15) is 4.98 Å². The summed E-state index contributed by atoms with van der Waals surface area (Å²) in [7, 11) is 0. The van der Waals surface area contributed by atoms with Crippen LogP contribution in [0.1, 0.15) is 56.2 Å². The smallest absolute Gasteiger partial charge is 0.240 e. The lowest BCUT2D eigenvalue weighted by molar-refractivity contribution is 0.0682. The monoisotopic (exact) mass is 289 g/mol. The number of hydrogen-bond donors (Lipinski definition) is 0. The Morgan fingerprint density at radius 1 is 1.00 bits per heavy atom. The molecule has 4 heterocycles. The molecular formula is C16H23N3O2. The number of likely N-dealkylation sites (tertiary alicyclic amines) is 1. The molecule has 0 radical (unpaired) electrons. The van der Waals surface area contributed by atoms with Crippen molar-refractivity contribution in [3.8, 4) is 0 Å². The summed E-state index contributed by atoms with van der Waals surface area (Å²) in [4.78, 5) is 7.15. The molecule has 1 saturated carbocycles. The highest BCUT2D eigenvalue weighted by molar-refractivity contribution is 5.03. The lowest BCUT2D eigenvalue weighted by atomic mass is 9.82. The predicted molar refractivity (Wildman–Crippen MR) is 75.7 cm³/mol. The number of rotatable bonds is 3. The second-order valence-corrected chi connectivity index (χ2v) is 7.34. The van der Waals surface area contributed by atoms with Crippen molar-refractivity contribution < 1.29 is 9.26 Å². The van der Waals surface area contributed by atoms with Crippen LogP contribution in [0.5, 0.6) is 0 Å². The van der Waals surface area contributed by atoms with E-state index in [1.54, 1.807) is 0 Å². The van der Waals surface area contributed by atoms with E-state index in [-0.39, 0.29) is 0 Å². The van der Waals surface area contributed by atoms with Crippen molar-refractivity contribution in [3.63, 3.8) is 0 Å². The van der Waals surface area contributed by atoms with E-state index in [1.165, 1.54) is 38.5 Å². The van der Waals surface area contributed by atoms with Gasteiger partial charge in [-0.3, -0.25) is 4.90 Å². The van der Waals surface area contributed by atoms with E-state index in [0.29, 0.717) is 18.1 Å². The van der Waals surface area contributed by atoms with Gasteiger partial charge in [0, 0.05) is 30.8 Å². The molecule has 0 amide bonds. The third-order valence-electron chi connectivity index (χ3n) is 6.09. The van der Waals surface area contributed by atoms with Crippen LogP contribution in [0.15, 0.2) is 4.52 Å². The molecule has 3 aliphatic heterocycles. The first-order valence-corrected chi connectivity index (χ1v) is 8.57. The molecule has 0 spiro atoms. The first kappa shape index (κ1) is 12.6. The van der Waals surface area contributed by atoms with E-state index in [1.807, 2.05) is 0 Å². The Morgan fingerprint density at radius 2 is 1.71 bits per heavy atom. The van der Waals surface area contributed by atoms with Crippen LogP contribution in [0.2, 0.25) is 0 Å². The van der Waals surface area contributed by atoms with Crippen LogP contribution in [-0.4, -0.2) is 40.3 Å². The van der Waals surface area contributed by atoms with Gasteiger partial charge in [-0.05, 0) is 25.7 Å². The van der Waals surface area contributed by atoms with Crippen molar-refractivity contribution in [2.75, 3.05) is 13.1 Å². The fourth-order valence-electron chi connectivity index (χ4n) is 5.05. The van der Waals surface area contributed by atoms with Gasteiger partial charge < -0.3 is 9.26 Å². The minimum atomic E-state index is 0.529. The number of aromatic nitrogens is 2. The van der Waals surface area contributed by atoms with Gasteiger partial charge in [-0.15, -0.1) is 0 Å². The maximum atomic E-state index is 6.03. The highest BCUT2D eigenvalue weighted by Gasteiger charge is 2.52. The topological polar surface area (TPSA) is 51.4 Å². The molecule has 0 N–H and O–H groups in total. The highest BCUT2D eigenvalue weighted by atomic mass is 16.5. The summed E-state index contributed by atoms with van der Waals surface area (Å²) in [6.07, 6.45) is 8.68. The predicted octanol–water partition coefficient (Wildman–Crippen LogP) is 2.34. The summed E-state index contributed by atoms with van der Waals surface area (Å²) in [5.41, 5.74) is 0. The Bertz CT molecular complexity index is 507. The molecule has 114 valence electrons. The van der Waals surface area contributed by atoms with Crippen LogP contribution in [0.3, 0.4) is 0 Å². The first-order valence-electron chi connectivity index (χ1n) is 8.57. The molecule has 4 aliphatic rings. The molecule has 0 aromatic carbocycles. The largest absolute Gasteiger partial charge is 0.374 e. The summed E-state index contributed by atoms with van der Waals surface area (Å²) in [5.74, 6) is 3.81. The highest BCUT2D eigenvalue weighted by Crippen LogP contribution is 2.47. The van der Waals surface area contributed by atoms with Crippen LogP contribution in [-0.2, 0) is 11.3 Å².